The van der Waals surface area contributed by atoms with E-state index >= 15 is 0 Å². The first-order valence-corrected chi connectivity index (χ1v) is 7.84. The van der Waals surface area contributed by atoms with E-state index in [0.717, 1.165) is 9.78 Å². The zero-order valence-corrected chi connectivity index (χ0v) is 13.2. The molecular formula is C14H16N2O2S2. The van der Waals surface area contributed by atoms with Crippen LogP contribution in [-0.4, -0.2) is 17.9 Å². The summed E-state index contributed by atoms with van der Waals surface area (Å²) in [6.45, 7) is 5.48. The average molecular weight is 308 g/mol. The molecule has 2 rings (SSSR count). The van der Waals surface area contributed by atoms with Gasteiger partial charge in [-0.3, -0.25) is 10.3 Å². The van der Waals surface area contributed by atoms with Crippen molar-refractivity contribution in [2.24, 2.45) is 4.99 Å². The van der Waals surface area contributed by atoms with Crippen molar-refractivity contribution >= 4 is 40.3 Å². The molecule has 1 amide bonds. The third-order valence-corrected chi connectivity index (χ3v) is 4.11. The van der Waals surface area contributed by atoms with E-state index in [2.05, 4.69) is 10.3 Å². The molecule has 0 aromatic carbocycles. The molecule has 0 unspecified atom stereocenters. The van der Waals surface area contributed by atoms with E-state index in [4.69, 9.17) is 4.74 Å². The molecule has 4 nitrogen and oxygen atoms in total. The number of thiophene rings is 1. The normalized spacial score (nSPS) is 15.2. The Morgan fingerprint density at radius 1 is 1.40 bits per heavy atom. The standard InChI is InChI=1S/C14H16N2O2S2/c1-14(2,3)18-13(17)16-10-7-15-8-12(20-9-10)11-5-4-6-19-11/h4-9H,1-3H3,(H,16,17). The maximum Gasteiger partial charge on any atom is 0.412 e. The van der Waals surface area contributed by atoms with E-state index in [0.29, 0.717) is 5.70 Å². The molecule has 1 N–H and O–H groups in total. The van der Waals surface area contributed by atoms with Crippen LogP contribution < -0.4 is 5.32 Å². The summed E-state index contributed by atoms with van der Waals surface area (Å²) in [5.41, 5.74) is 0.104. The fraction of sp³-hybridized carbons (Fsp3) is 0.286. The molecule has 1 aromatic rings. The maximum atomic E-state index is 11.7. The number of nitrogens with zero attached hydrogens (tertiary/aromatic N) is 1. The van der Waals surface area contributed by atoms with Gasteiger partial charge in [0.05, 0.1) is 11.9 Å². The second-order valence-electron chi connectivity index (χ2n) is 5.07. The highest BCUT2D eigenvalue weighted by atomic mass is 32.2. The summed E-state index contributed by atoms with van der Waals surface area (Å²) in [6, 6.07) is 4.04. The molecule has 106 valence electrons. The second-order valence-corrected chi connectivity index (χ2v) is 6.93. The van der Waals surface area contributed by atoms with Gasteiger partial charge in [-0.2, -0.15) is 0 Å². The van der Waals surface area contributed by atoms with Crippen molar-refractivity contribution in [2.45, 2.75) is 26.4 Å². The summed E-state index contributed by atoms with van der Waals surface area (Å²) in [5, 5.41) is 6.56. The Balaban J connectivity index is 1.98. The molecule has 0 radical (unpaired) electrons. The third kappa shape index (κ3) is 4.54. The number of thioether (sulfide) groups is 1. The number of hydrogen-bond donors (Lipinski definition) is 1. The first kappa shape index (κ1) is 14.9. The monoisotopic (exact) mass is 308 g/mol. The van der Waals surface area contributed by atoms with Crippen molar-refractivity contribution in [2.75, 3.05) is 0 Å². The Morgan fingerprint density at radius 3 is 2.85 bits per heavy atom. The van der Waals surface area contributed by atoms with E-state index in [-0.39, 0.29) is 0 Å². The van der Waals surface area contributed by atoms with E-state index < -0.39 is 11.7 Å². The van der Waals surface area contributed by atoms with Gasteiger partial charge in [0.2, 0.25) is 0 Å². The van der Waals surface area contributed by atoms with Crippen LogP contribution in [-0.2, 0) is 4.74 Å². The number of carbonyl (C=O) groups excluding carboxylic acids is 1. The smallest absolute Gasteiger partial charge is 0.412 e. The molecule has 1 aliphatic rings. The molecule has 0 fully saturated rings. The van der Waals surface area contributed by atoms with Gasteiger partial charge in [-0.05, 0) is 32.2 Å². The van der Waals surface area contributed by atoms with Crippen LogP contribution in [0.15, 0.2) is 39.8 Å². The lowest BCUT2D eigenvalue weighted by atomic mass is 10.2. The first-order valence-electron chi connectivity index (χ1n) is 6.08. The van der Waals surface area contributed by atoms with Gasteiger partial charge in [0.25, 0.3) is 0 Å². The SMILES string of the molecule is CC(C)(C)OC(=O)NC1=CSC(c2cccs2)=CN=C1. The lowest BCUT2D eigenvalue weighted by Crippen LogP contribution is -2.32. The van der Waals surface area contributed by atoms with Crippen LogP contribution in [0.3, 0.4) is 0 Å². The molecule has 0 aliphatic carbocycles. The molecule has 0 bridgehead atoms. The number of allylic oxidation sites excluding steroid dienone is 1. The maximum absolute atomic E-state index is 11.7. The van der Waals surface area contributed by atoms with Crippen LogP contribution in [0.1, 0.15) is 25.6 Å². The van der Waals surface area contributed by atoms with Gasteiger partial charge < -0.3 is 4.74 Å². The molecule has 0 saturated heterocycles. The minimum absolute atomic E-state index is 0.477. The van der Waals surface area contributed by atoms with Gasteiger partial charge >= 0.3 is 6.09 Å². The predicted octanol–water partition coefficient (Wildman–Crippen LogP) is 4.23. The van der Waals surface area contributed by atoms with Crippen LogP contribution in [0, 0.1) is 0 Å². The number of nitrogens with one attached hydrogen (secondary N) is 1. The fourth-order valence-electron chi connectivity index (χ4n) is 1.40. The quantitative estimate of drug-likeness (QED) is 0.889. The zero-order chi connectivity index (χ0) is 14.6. The summed E-state index contributed by atoms with van der Waals surface area (Å²) in [7, 11) is 0. The number of ether oxygens (including phenoxy) is 1. The van der Waals surface area contributed by atoms with Crippen LogP contribution in [0.5, 0.6) is 0 Å². The Morgan fingerprint density at radius 2 is 2.20 bits per heavy atom. The summed E-state index contributed by atoms with van der Waals surface area (Å²) in [5.74, 6) is 0. The Hall–Kier alpha value is -1.53. The van der Waals surface area contributed by atoms with Gasteiger partial charge in [0.15, 0.2) is 0 Å². The number of alkyl carbamates (subject to hydrolysis) is 1. The van der Waals surface area contributed by atoms with Crippen molar-refractivity contribution in [1.82, 2.24) is 5.32 Å². The molecule has 0 saturated carbocycles. The summed E-state index contributed by atoms with van der Waals surface area (Å²) in [4.78, 5) is 18.1. The molecule has 1 aromatic heterocycles. The van der Waals surface area contributed by atoms with E-state index in [1.165, 1.54) is 11.8 Å². The third-order valence-electron chi connectivity index (χ3n) is 2.13. The zero-order valence-electron chi connectivity index (χ0n) is 11.5. The lowest BCUT2D eigenvalue weighted by molar-refractivity contribution is 0.0549. The van der Waals surface area contributed by atoms with Gasteiger partial charge in [0, 0.05) is 21.4 Å². The molecule has 20 heavy (non-hydrogen) atoms. The molecule has 1 aliphatic heterocycles. The highest BCUT2D eigenvalue weighted by Crippen LogP contribution is 2.33. The summed E-state index contributed by atoms with van der Waals surface area (Å²) in [6.07, 6.45) is 2.92. The second kappa shape index (κ2) is 6.28. The van der Waals surface area contributed by atoms with Crippen molar-refractivity contribution in [3.63, 3.8) is 0 Å². The van der Waals surface area contributed by atoms with Crippen LogP contribution in [0.25, 0.3) is 4.91 Å². The minimum Gasteiger partial charge on any atom is -0.444 e. The van der Waals surface area contributed by atoms with E-state index in [1.807, 2.05) is 43.7 Å². The highest BCUT2D eigenvalue weighted by molar-refractivity contribution is 8.11. The van der Waals surface area contributed by atoms with Gasteiger partial charge in [-0.1, -0.05) is 17.8 Å². The summed E-state index contributed by atoms with van der Waals surface area (Å²) >= 11 is 3.18. The van der Waals surface area contributed by atoms with E-state index in [1.54, 1.807) is 23.8 Å². The molecule has 0 spiro atoms. The summed E-state index contributed by atoms with van der Waals surface area (Å²) < 4.78 is 5.20. The molecule has 2 heterocycles. The van der Waals surface area contributed by atoms with Crippen LogP contribution >= 0.6 is 23.1 Å². The molecule has 0 atom stereocenters. The first-order chi connectivity index (χ1) is 9.44. The highest BCUT2D eigenvalue weighted by Gasteiger charge is 2.17. The molecular weight excluding hydrogens is 292 g/mol. The topological polar surface area (TPSA) is 50.7 Å². The number of hydrogen-bond acceptors (Lipinski definition) is 5. The number of carbonyl (C=O) groups is 1. The average Bonchev–Trinajstić information content (AvgIpc) is 2.75. The number of aliphatic imine (C=N–C) groups is 1. The van der Waals surface area contributed by atoms with Crippen molar-refractivity contribution in [3.05, 3.63) is 39.7 Å². The molecule has 6 heteroatoms. The predicted molar refractivity (Wildman–Crippen MR) is 85.8 cm³/mol. The fourth-order valence-corrected chi connectivity index (χ4v) is 2.99. The van der Waals surface area contributed by atoms with E-state index in [9.17, 15) is 4.79 Å². The Labute approximate surface area is 126 Å². The minimum atomic E-state index is -0.514. The van der Waals surface area contributed by atoms with Crippen molar-refractivity contribution in [3.8, 4) is 0 Å². The number of amides is 1. The Kier molecular flexibility index (Phi) is 4.67. The van der Waals surface area contributed by atoms with Crippen LogP contribution in [0.2, 0.25) is 0 Å². The van der Waals surface area contributed by atoms with Crippen molar-refractivity contribution in [1.29, 1.82) is 0 Å². The Bertz CT molecular complexity index is 566. The van der Waals surface area contributed by atoms with Crippen molar-refractivity contribution < 1.29 is 9.53 Å². The van der Waals surface area contributed by atoms with Crippen LogP contribution in [0.4, 0.5) is 4.79 Å². The lowest BCUT2D eigenvalue weighted by Gasteiger charge is -2.19. The van der Waals surface area contributed by atoms with Gasteiger partial charge in [-0.15, -0.1) is 11.3 Å². The van der Waals surface area contributed by atoms with Gasteiger partial charge in [0.1, 0.15) is 5.60 Å². The largest absolute Gasteiger partial charge is 0.444 e. The van der Waals surface area contributed by atoms with Gasteiger partial charge in [-0.25, -0.2) is 4.79 Å². The number of rotatable bonds is 2.